The Morgan fingerprint density at radius 2 is 1.86 bits per heavy atom. The molecule has 0 aromatic heterocycles. The lowest BCUT2D eigenvalue weighted by atomic mass is 10.1. The van der Waals surface area contributed by atoms with E-state index >= 15 is 0 Å². The van der Waals surface area contributed by atoms with Crippen LogP contribution in [0.3, 0.4) is 0 Å². The molecule has 0 atom stereocenters. The molecule has 0 fully saturated rings. The number of carboxylic acids is 1. The van der Waals surface area contributed by atoms with Gasteiger partial charge in [-0.05, 0) is 24.6 Å². The minimum absolute atomic E-state index is 0.0334. The molecule has 0 aliphatic rings. The highest BCUT2D eigenvalue weighted by molar-refractivity contribution is 5.68. The Labute approximate surface area is 130 Å². The third-order valence-electron chi connectivity index (χ3n) is 3.45. The average Bonchev–Trinajstić information content (AvgIpc) is 2.53. The molecule has 0 aliphatic heterocycles. The van der Waals surface area contributed by atoms with Crippen LogP contribution in [0.1, 0.15) is 23.1 Å². The summed E-state index contributed by atoms with van der Waals surface area (Å²) in [4.78, 5) is 12.8. The lowest BCUT2D eigenvalue weighted by Crippen LogP contribution is -2.26. The highest BCUT2D eigenvalue weighted by Gasteiger charge is 2.13. The number of nitriles is 1. The molecule has 0 radical (unpaired) electrons. The molecule has 2 rings (SSSR count). The summed E-state index contributed by atoms with van der Waals surface area (Å²) in [5.41, 5.74) is 3.59. The Morgan fingerprint density at radius 1 is 1.18 bits per heavy atom. The van der Waals surface area contributed by atoms with E-state index in [-0.39, 0.29) is 6.42 Å². The van der Waals surface area contributed by atoms with Crippen LogP contribution >= 0.6 is 0 Å². The third-order valence-corrected chi connectivity index (χ3v) is 3.45. The lowest BCUT2D eigenvalue weighted by molar-refractivity contribution is -0.136. The van der Waals surface area contributed by atoms with E-state index in [0.717, 1.165) is 11.3 Å². The predicted molar refractivity (Wildman–Crippen MR) is 85.6 cm³/mol. The van der Waals surface area contributed by atoms with Crippen molar-refractivity contribution >= 4 is 11.7 Å². The molecule has 4 nitrogen and oxygen atoms in total. The maximum atomic E-state index is 10.9. The Bertz CT molecular complexity index is 687. The Kier molecular flexibility index (Phi) is 5.16. The first kappa shape index (κ1) is 15.6. The monoisotopic (exact) mass is 294 g/mol. The van der Waals surface area contributed by atoms with Gasteiger partial charge in [0, 0.05) is 13.1 Å². The van der Waals surface area contributed by atoms with Gasteiger partial charge in [-0.3, -0.25) is 4.79 Å². The first-order valence-corrected chi connectivity index (χ1v) is 7.11. The number of anilines is 1. The van der Waals surface area contributed by atoms with E-state index in [1.807, 2.05) is 54.3 Å². The van der Waals surface area contributed by atoms with Gasteiger partial charge in [-0.25, -0.2) is 0 Å². The molecule has 1 N–H and O–H groups in total. The molecule has 2 aromatic carbocycles. The van der Waals surface area contributed by atoms with Crippen LogP contribution in [0.4, 0.5) is 5.69 Å². The van der Waals surface area contributed by atoms with Gasteiger partial charge in [0.2, 0.25) is 0 Å². The fourth-order valence-electron chi connectivity index (χ4n) is 2.27. The molecule has 0 heterocycles. The topological polar surface area (TPSA) is 64.3 Å². The lowest BCUT2D eigenvalue weighted by Gasteiger charge is -2.25. The molecule has 0 spiro atoms. The van der Waals surface area contributed by atoms with Gasteiger partial charge >= 0.3 is 5.97 Å². The average molecular weight is 294 g/mol. The molecule has 0 saturated heterocycles. The summed E-state index contributed by atoms with van der Waals surface area (Å²) in [6, 6.07) is 17.6. The van der Waals surface area contributed by atoms with Crippen LogP contribution in [0.5, 0.6) is 0 Å². The third kappa shape index (κ3) is 4.10. The van der Waals surface area contributed by atoms with Gasteiger partial charge in [0.05, 0.1) is 17.7 Å². The van der Waals surface area contributed by atoms with Gasteiger partial charge in [-0.2, -0.15) is 5.26 Å². The second-order valence-electron chi connectivity index (χ2n) is 5.18. The standard InChI is InChI=1S/C18H18N2O2/c1-14-6-8-15(9-7-14)13-20(11-10-18(21)22)17-5-3-2-4-16(17)12-19/h2-9H,10-11,13H2,1H3,(H,21,22). The van der Waals surface area contributed by atoms with Crippen molar-refractivity contribution in [3.8, 4) is 6.07 Å². The van der Waals surface area contributed by atoms with Crippen molar-refractivity contribution in [1.82, 2.24) is 0 Å². The van der Waals surface area contributed by atoms with Crippen molar-refractivity contribution in [3.05, 3.63) is 65.2 Å². The number of para-hydroxylation sites is 1. The summed E-state index contributed by atoms with van der Waals surface area (Å²) in [6.45, 7) is 2.96. The van der Waals surface area contributed by atoms with Gasteiger partial charge in [0.25, 0.3) is 0 Å². The van der Waals surface area contributed by atoms with Crippen LogP contribution in [0.15, 0.2) is 48.5 Å². The number of benzene rings is 2. The van der Waals surface area contributed by atoms with E-state index in [1.54, 1.807) is 6.07 Å². The number of carboxylic acid groups (broad SMARTS) is 1. The zero-order chi connectivity index (χ0) is 15.9. The first-order valence-electron chi connectivity index (χ1n) is 7.11. The quantitative estimate of drug-likeness (QED) is 0.887. The van der Waals surface area contributed by atoms with Gasteiger partial charge in [0.15, 0.2) is 0 Å². The van der Waals surface area contributed by atoms with Crippen molar-refractivity contribution in [2.45, 2.75) is 19.9 Å². The van der Waals surface area contributed by atoms with Crippen LogP contribution in [-0.4, -0.2) is 17.6 Å². The molecule has 112 valence electrons. The minimum Gasteiger partial charge on any atom is -0.481 e. The summed E-state index contributed by atoms with van der Waals surface area (Å²) in [6.07, 6.45) is 0.0334. The second-order valence-corrected chi connectivity index (χ2v) is 5.18. The van der Waals surface area contributed by atoms with Crippen LogP contribution in [0, 0.1) is 18.3 Å². The zero-order valence-electron chi connectivity index (χ0n) is 12.5. The van der Waals surface area contributed by atoms with Gasteiger partial charge in [0.1, 0.15) is 6.07 Å². The van der Waals surface area contributed by atoms with E-state index in [2.05, 4.69) is 6.07 Å². The summed E-state index contributed by atoms with van der Waals surface area (Å²) < 4.78 is 0. The van der Waals surface area contributed by atoms with E-state index in [4.69, 9.17) is 5.11 Å². The fourth-order valence-corrected chi connectivity index (χ4v) is 2.27. The van der Waals surface area contributed by atoms with E-state index < -0.39 is 5.97 Å². The molecule has 22 heavy (non-hydrogen) atoms. The highest BCUT2D eigenvalue weighted by atomic mass is 16.4. The largest absolute Gasteiger partial charge is 0.481 e. The van der Waals surface area contributed by atoms with Crippen molar-refractivity contribution in [1.29, 1.82) is 5.26 Å². The van der Waals surface area contributed by atoms with Gasteiger partial charge in [-0.15, -0.1) is 0 Å². The first-order chi connectivity index (χ1) is 10.6. The molecular formula is C18H18N2O2. The minimum atomic E-state index is -0.844. The molecule has 0 bridgehead atoms. The Balaban J connectivity index is 2.27. The van der Waals surface area contributed by atoms with Crippen LogP contribution in [0.2, 0.25) is 0 Å². The van der Waals surface area contributed by atoms with Crippen LogP contribution < -0.4 is 4.90 Å². The number of hydrogen-bond donors (Lipinski definition) is 1. The summed E-state index contributed by atoms with van der Waals surface area (Å²) >= 11 is 0. The summed E-state index contributed by atoms with van der Waals surface area (Å²) in [5.74, 6) is -0.844. The predicted octanol–water partition coefficient (Wildman–Crippen LogP) is 3.35. The molecule has 0 unspecified atom stereocenters. The normalized spacial score (nSPS) is 10.0. The van der Waals surface area contributed by atoms with Crippen molar-refractivity contribution < 1.29 is 9.90 Å². The van der Waals surface area contributed by atoms with Crippen molar-refractivity contribution in [2.24, 2.45) is 0 Å². The number of carbonyl (C=O) groups is 1. The maximum Gasteiger partial charge on any atom is 0.305 e. The molecule has 0 amide bonds. The molecule has 0 saturated carbocycles. The number of hydrogen-bond acceptors (Lipinski definition) is 3. The number of nitrogens with zero attached hydrogens (tertiary/aromatic N) is 2. The molecular weight excluding hydrogens is 276 g/mol. The Hall–Kier alpha value is -2.80. The van der Waals surface area contributed by atoms with E-state index in [0.29, 0.717) is 18.7 Å². The molecule has 0 aliphatic carbocycles. The number of aryl methyl sites for hydroxylation is 1. The van der Waals surface area contributed by atoms with Crippen molar-refractivity contribution in [2.75, 3.05) is 11.4 Å². The zero-order valence-corrected chi connectivity index (χ0v) is 12.5. The molecule has 2 aromatic rings. The van der Waals surface area contributed by atoms with Gasteiger partial charge < -0.3 is 10.0 Å². The summed E-state index contributed by atoms with van der Waals surface area (Å²) in [5, 5.41) is 18.2. The fraction of sp³-hybridized carbons (Fsp3) is 0.222. The van der Waals surface area contributed by atoms with Crippen LogP contribution in [0.25, 0.3) is 0 Å². The molecule has 4 heteroatoms. The maximum absolute atomic E-state index is 10.9. The number of rotatable bonds is 6. The SMILES string of the molecule is Cc1ccc(CN(CCC(=O)O)c2ccccc2C#N)cc1. The number of aliphatic carboxylic acids is 1. The van der Waals surface area contributed by atoms with Crippen molar-refractivity contribution in [3.63, 3.8) is 0 Å². The Morgan fingerprint density at radius 3 is 2.50 bits per heavy atom. The summed E-state index contributed by atoms with van der Waals surface area (Å²) in [7, 11) is 0. The van der Waals surface area contributed by atoms with E-state index in [1.165, 1.54) is 5.56 Å². The second kappa shape index (κ2) is 7.28. The van der Waals surface area contributed by atoms with E-state index in [9.17, 15) is 10.1 Å². The highest BCUT2D eigenvalue weighted by Crippen LogP contribution is 2.22. The van der Waals surface area contributed by atoms with Gasteiger partial charge in [-0.1, -0.05) is 42.0 Å². The van der Waals surface area contributed by atoms with Crippen LogP contribution in [-0.2, 0) is 11.3 Å². The smallest absolute Gasteiger partial charge is 0.305 e.